The van der Waals surface area contributed by atoms with Gasteiger partial charge in [0.15, 0.2) is 0 Å². The average molecular weight is 295 g/mol. The molecule has 0 saturated heterocycles. The minimum atomic E-state index is -3.82. The Morgan fingerprint density at radius 2 is 1.90 bits per heavy atom. The third-order valence-corrected chi connectivity index (χ3v) is 4.38. The summed E-state index contributed by atoms with van der Waals surface area (Å²) in [6, 6.07) is 10.0. The highest BCUT2D eigenvalue weighted by Crippen LogP contribution is 2.22. The molecule has 20 heavy (non-hydrogen) atoms. The Kier molecular flexibility index (Phi) is 4.06. The molecule has 2 aromatic carbocycles. The summed E-state index contributed by atoms with van der Waals surface area (Å²) in [6.07, 6.45) is 0. The molecule has 0 saturated carbocycles. The predicted molar refractivity (Wildman–Crippen MR) is 74.3 cm³/mol. The lowest BCUT2D eigenvalue weighted by Gasteiger charge is -2.12. The van der Waals surface area contributed by atoms with Gasteiger partial charge in [-0.3, -0.25) is 4.72 Å². The van der Waals surface area contributed by atoms with E-state index in [0.29, 0.717) is 16.8 Å². The van der Waals surface area contributed by atoms with Gasteiger partial charge in [0, 0.05) is 5.56 Å². The summed E-state index contributed by atoms with van der Waals surface area (Å²) in [5.74, 6) is -0.489. The summed E-state index contributed by atoms with van der Waals surface area (Å²) in [5, 5.41) is 9.19. The number of benzene rings is 2. The average Bonchev–Trinajstić information content (AvgIpc) is 2.38. The number of para-hydroxylation sites is 1. The summed E-state index contributed by atoms with van der Waals surface area (Å²) in [5.41, 5.74) is 1.09. The smallest absolute Gasteiger partial charge is 0.262 e. The van der Waals surface area contributed by atoms with Crippen molar-refractivity contribution in [3.05, 3.63) is 59.4 Å². The molecule has 0 bridgehead atoms. The Bertz CT molecular complexity index is 729. The van der Waals surface area contributed by atoms with E-state index in [9.17, 15) is 17.9 Å². The first kappa shape index (κ1) is 14.5. The number of anilines is 1. The van der Waals surface area contributed by atoms with Gasteiger partial charge in [0.2, 0.25) is 0 Å². The number of sulfonamides is 1. The molecule has 0 heterocycles. The number of aliphatic hydroxyl groups is 1. The molecule has 0 aliphatic carbocycles. The summed E-state index contributed by atoms with van der Waals surface area (Å²) in [7, 11) is -3.82. The number of aliphatic hydroxyl groups excluding tert-OH is 1. The number of halogens is 1. The van der Waals surface area contributed by atoms with Gasteiger partial charge in [0.05, 0.1) is 17.2 Å². The van der Waals surface area contributed by atoms with Crippen LogP contribution in [0.4, 0.5) is 10.1 Å². The van der Waals surface area contributed by atoms with Gasteiger partial charge in [0.1, 0.15) is 5.82 Å². The first-order valence-electron chi connectivity index (χ1n) is 5.92. The van der Waals surface area contributed by atoms with Crippen LogP contribution in [0.1, 0.15) is 11.1 Å². The molecule has 2 rings (SSSR count). The second-order valence-corrected chi connectivity index (χ2v) is 5.98. The standard InChI is InChI=1S/C14H14FNO3S/c1-10-8-12(15)6-7-14(10)20(18,19)16-13-5-3-2-4-11(13)9-17/h2-8,16-17H,9H2,1H3. The van der Waals surface area contributed by atoms with Crippen LogP contribution < -0.4 is 4.72 Å². The lowest BCUT2D eigenvalue weighted by Crippen LogP contribution is -2.15. The van der Waals surface area contributed by atoms with Crippen molar-refractivity contribution in [3.8, 4) is 0 Å². The Labute approximate surface area is 116 Å². The van der Waals surface area contributed by atoms with Crippen LogP contribution in [0.3, 0.4) is 0 Å². The molecule has 0 fully saturated rings. The monoisotopic (exact) mass is 295 g/mol. The molecule has 0 atom stereocenters. The first-order chi connectivity index (χ1) is 9.44. The van der Waals surface area contributed by atoms with Crippen molar-refractivity contribution in [2.24, 2.45) is 0 Å². The highest BCUT2D eigenvalue weighted by Gasteiger charge is 2.18. The molecule has 0 spiro atoms. The normalized spacial score (nSPS) is 11.3. The zero-order chi connectivity index (χ0) is 14.8. The van der Waals surface area contributed by atoms with Gasteiger partial charge in [0.25, 0.3) is 10.0 Å². The van der Waals surface area contributed by atoms with Crippen molar-refractivity contribution in [2.45, 2.75) is 18.4 Å². The molecule has 2 aromatic rings. The molecule has 0 aliphatic rings. The van der Waals surface area contributed by atoms with Gasteiger partial charge in [-0.1, -0.05) is 18.2 Å². The van der Waals surface area contributed by atoms with Gasteiger partial charge < -0.3 is 5.11 Å². The van der Waals surface area contributed by atoms with Crippen molar-refractivity contribution >= 4 is 15.7 Å². The van der Waals surface area contributed by atoms with Crippen LogP contribution in [0.15, 0.2) is 47.4 Å². The van der Waals surface area contributed by atoms with Crippen LogP contribution in [0.25, 0.3) is 0 Å². The minimum absolute atomic E-state index is 0.00615. The molecule has 0 aromatic heterocycles. The Balaban J connectivity index is 2.41. The highest BCUT2D eigenvalue weighted by molar-refractivity contribution is 7.92. The number of hydrogen-bond acceptors (Lipinski definition) is 3. The Hall–Kier alpha value is -1.92. The quantitative estimate of drug-likeness (QED) is 0.910. The van der Waals surface area contributed by atoms with Gasteiger partial charge >= 0.3 is 0 Å². The van der Waals surface area contributed by atoms with Crippen LogP contribution in [-0.2, 0) is 16.6 Å². The summed E-state index contributed by atoms with van der Waals surface area (Å²) >= 11 is 0. The fraction of sp³-hybridized carbons (Fsp3) is 0.143. The van der Waals surface area contributed by atoms with Crippen LogP contribution in [0.5, 0.6) is 0 Å². The Morgan fingerprint density at radius 1 is 1.20 bits per heavy atom. The largest absolute Gasteiger partial charge is 0.392 e. The van der Waals surface area contributed by atoms with Crippen LogP contribution >= 0.6 is 0 Å². The van der Waals surface area contributed by atoms with Gasteiger partial charge in [-0.15, -0.1) is 0 Å². The zero-order valence-electron chi connectivity index (χ0n) is 10.8. The number of nitrogens with one attached hydrogen (secondary N) is 1. The van der Waals surface area contributed by atoms with E-state index < -0.39 is 15.8 Å². The topological polar surface area (TPSA) is 66.4 Å². The molecule has 2 N–H and O–H groups in total. The van der Waals surface area contributed by atoms with Crippen molar-refractivity contribution in [3.63, 3.8) is 0 Å². The maximum atomic E-state index is 13.0. The first-order valence-corrected chi connectivity index (χ1v) is 7.40. The van der Waals surface area contributed by atoms with Crippen molar-refractivity contribution < 1.29 is 17.9 Å². The molecule has 106 valence electrons. The SMILES string of the molecule is Cc1cc(F)ccc1S(=O)(=O)Nc1ccccc1CO. The van der Waals surface area contributed by atoms with Gasteiger partial charge in [-0.25, -0.2) is 12.8 Å². The lowest BCUT2D eigenvalue weighted by atomic mass is 10.2. The molecular weight excluding hydrogens is 281 g/mol. The van der Waals surface area contributed by atoms with Gasteiger partial charge in [-0.2, -0.15) is 0 Å². The molecular formula is C14H14FNO3S. The fourth-order valence-electron chi connectivity index (χ4n) is 1.87. The molecule has 0 aliphatic heterocycles. The van der Waals surface area contributed by atoms with Crippen molar-refractivity contribution in [1.82, 2.24) is 0 Å². The fourth-order valence-corrected chi connectivity index (χ4v) is 3.20. The van der Waals surface area contributed by atoms with E-state index in [0.717, 1.165) is 12.1 Å². The number of aryl methyl sites for hydroxylation is 1. The highest BCUT2D eigenvalue weighted by atomic mass is 32.2. The van der Waals surface area contributed by atoms with E-state index in [1.807, 2.05) is 0 Å². The molecule has 6 heteroatoms. The maximum Gasteiger partial charge on any atom is 0.262 e. The van der Waals surface area contributed by atoms with Crippen LogP contribution in [0.2, 0.25) is 0 Å². The minimum Gasteiger partial charge on any atom is -0.392 e. The Morgan fingerprint density at radius 3 is 2.55 bits per heavy atom. The van der Waals surface area contributed by atoms with Crippen molar-refractivity contribution in [1.29, 1.82) is 0 Å². The van der Waals surface area contributed by atoms with E-state index in [1.54, 1.807) is 24.3 Å². The third kappa shape index (κ3) is 2.97. The van der Waals surface area contributed by atoms with Gasteiger partial charge in [-0.05, 0) is 36.8 Å². The summed E-state index contributed by atoms with van der Waals surface area (Å²) in [4.78, 5) is 0.00615. The zero-order valence-corrected chi connectivity index (χ0v) is 11.6. The summed E-state index contributed by atoms with van der Waals surface area (Å²) in [6.45, 7) is 1.25. The second kappa shape index (κ2) is 5.60. The van der Waals surface area contributed by atoms with Crippen LogP contribution in [-0.4, -0.2) is 13.5 Å². The lowest BCUT2D eigenvalue weighted by molar-refractivity contribution is 0.282. The van der Waals surface area contributed by atoms with E-state index >= 15 is 0 Å². The van der Waals surface area contributed by atoms with E-state index in [1.165, 1.54) is 13.0 Å². The van der Waals surface area contributed by atoms with E-state index in [2.05, 4.69) is 4.72 Å². The predicted octanol–water partition coefficient (Wildman–Crippen LogP) is 2.43. The van der Waals surface area contributed by atoms with Crippen molar-refractivity contribution in [2.75, 3.05) is 4.72 Å². The number of rotatable bonds is 4. The third-order valence-electron chi connectivity index (χ3n) is 2.86. The van der Waals surface area contributed by atoms with Crippen LogP contribution in [0, 0.1) is 12.7 Å². The molecule has 0 radical (unpaired) electrons. The molecule has 0 unspecified atom stereocenters. The summed E-state index contributed by atoms with van der Waals surface area (Å²) < 4.78 is 40.0. The maximum absolute atomic E-state index is 13.0. The molecule has 0 amide bonds. The molecule has 4 nitrogen and oxygen atoms in total. The van der Waals surface area contributed by atoms with E-state index in [-0.39, 0.29) is 11.5 Å². The second-order valence-electron chi connectivity index (χ2n) is 4.33. The van der Waals surface area contributed by atoms with E-state index in [4.69, 9.17) is 0 Å². The number of hydrogen-bond donors (Lipinski definition) is 2.